The van der Waals surface area contributed by atoms with Gasteiger partial charge in [0.2, 0.25) is 5.91 Å². The smallest absolute Gasteiger partial charge is 0.227 e. The number of nitrogens with one attached hydrogen (secondary N) is 1. The molecule has 3 heteroatoms. The molecule has 2 atom stereocenters. The molecule has 0 fully saturated rings. The van der Waals surface area contributed by atoms with Gasteiger partial charge in [-0.15, -0.1) is 0 Å². The fourth-order valence-corrected chi connectivity index (χ4v) is 2.14. The minimum Gasteiger partial charge on any atom is -0.354 e. The van der Waals surface area contributed by atoms with Crippen molar-refractivity contribution in [2.45, 2.75) is 46.1 Å². The van der Waals surface area contributed by atoms with Crippen LogP contribution in [0.5, 0.6) is 0 Å². The fraction of sp³-hybridized carbons (Fsp3) is 0.562. The summed E-state index contributed by atoms with van der Waals surface area (Å²) in [6.45, 7) is 8.91. The second-order valence-corrected chi connectivity index (χ2v) is 6.40. The normalized spacial score (nSPS) is 14.8. The molecule has 106 valence electrons. The van der Waals surface area contributed by atoms with Gasteiger partial charge in [0.25, 0.3) is 0 Å². The maximum Gasteiger partial charge on any atom is 0.227 e. The molecule has 0 saturated heterocycles. The topological polar surface area (TPSA) is 55.1 Å². The van der Waals surface area contributed by atoms with Crippen molar-refractivity contribution in [1.82, 2.24) is 5.32 Å². The van der Waals surface area contributed by atoms with Crippen molar-refractivity contribution in [3.8, 4) is 0 Å². The van der Waals surface area contributed by atoms with E-state index in [4.69, 9.17) is 5.73 Å². The van der Waals surface area contributed by atoms with E-state index in [2.05, 4.69) is 26.1 Å². The Bertz CT molecular complexity index is 395. The van der Waals surface area contributed by atoms with Gasteiger partial charge in [0.05, 0.1) is 5.92 Å². The minimum absolute atomic E-state index is 0.00641. The lowest BCUT2D eigenvalue weighted by Crippen LogP contribution is -2.40. The molecule has 2 unspecified atom stereocenters. The van der Waals surface area contributed by atoms with E-state index in [-0.39, 0.29) is 23.3 Å². The first-order chi connectivity index (χ1) is 8.79. The first kappa shape index (κ1) is 15.7. The number of carbonyl (C=O) groups excluding carboxylic acids is 1. The van der Waals surface area contributed by atoms with Crippen molar-refractivity contribution in [2.75, 3.05) is 6.54 Å². The molecule has 1 rings (SSSR count). The lowest BCUT2D eigenvalue weighted by molar-refractivity contribution is -0.122. The van der Waals surface area contributed by atoms with E-state index in [0.29, 0.717) is 6.54 Å². The Kier molecular flexibility index (Phi) is 5.55. The quantitative estimate of drug-likeness (QED) is 0.857. The van der Waals surface area contributed by atoms with Crippen molar-refractivity contribution in [3.05, 3.63) is 35.9 Å². The van der Waals surface area contributed by atoms with E-state index >= 15 is 0 Å². The van der Waals surface area contributed by atoms with Gasteiger partial charge in [-0.2, -0.15) is 0 Å². The molecule has 0 aliphatic rings. The van der Waals surface area contributed by atoms with Crippen LogP contribution in [0, 0.1) is 5.41 Å². The van der Waals surface area contributed by atoms with Crippen LogP contribution in [-0.2, 0) is 4.79 Å². The Morgan fingerprint density at radius 3 is 2.37 bits per heavy atom. The minimum atomic E-state index is -0.136. The van der Waals surface area contributed by atoms with E-state index in [1.54, 1.807) is 0 Å². The Morgan fingerprint density at radius 1 is 1.26 bits per heavy atom. The second-order valence-electron chi connectivity index (χ2n) is 6.40. The predicted octanol–water partition coefficient (Wildman–Crippen LogP) is 2.67. The van der Waals surface area contributed by atoms with Crippen LogP contribution < -0.4 is 11.1 Å². The van der Waals surface area contributed by atoms with Crippen LogP contribution in [0.15, 0.2) is 30.3 Å². The first-order valence-corrected chi connectivity index (χ1v) is 6.88. The van der Waals surface area contributed by atoms with Crippen LogP contribution in [0.1, 0.15) is 45.6 Å². The predicted molar refractivity (Wildman–Crippen MR) is 79.9 cm³/mol. The highest BCUT2D eigenvalue weighted by Crippen LogP contribution is 2.20. The van der Waals surface area contributed by atoms with Crippen molar-refractivity contribution >= 4 is 5.91 Å². The molecule has 0 aliphatic heterocycles. The fourth-order valence-electron chi connectivity index (χ4n) is 2.14. The van der Waals surface area contributed by atoms with E-state index < -0.39 is 0 Å². The molecule has 1 amide bonds. The summed E-state index contributed by atoms with van der Waals surface area (Å²) in [5.41, 5.74) is 7.25. The van der Waals surface area contributed by atoms with E-state index in [0.717, 1.165) is 12.0 Å². The summed E-state index contributed by atoms with van der Waals surface area (Å²) in [6.07, 6.45) is 0.896. The van der Waals surface area contributed by atoms with Gasteiger partial charge < -0.3 is 11.1 Å². The van der Waals surface area contributed by atoms with E-state index in [1.807, 2.05) is 37.3 Å². The molecule has 0 aliphatic carbocycles. The van der Waals surface area contributed by atoms with Gasteiger partial charge in [-0.05, 0) is 24.3 Å². The highest BCUT2D eigenvalue weighted by atomic mass is 16.1. The highest BCUT2D eigenvalue weighted by Gasteiger charge is 2.18. The van der Waals surface area contributed by atoms with Crippen molar-refractivity contribution in [2.24, 2.45) is 11.1 Å². The average molecular weight is 262 g/mol. The summed E-state index contributed by atoms with van der Waals surface area (Å²) in [5.74, 6) is -0.0985. The van der Waals surface area contributed by atoms with Gasteiger partial charge in [-0.3, -0.25) is 4.79 Å². The summed E-state index contributed by atoms with van der Waals surface area (Å²) in [4.78, 5) is 12.0. The molecule has 3 nitrogen and oxygen atoms in total. The lowest BCUT2D eigenvalue weighted by Gasteiger charge is -2.23. The van der Waals surface area contributed by atoms with Gasteiger partial charge >= 0.3 is 0 Å². The van der Waals surface area contributed by atoms with Crippen LogP contribution in [0.3, 0.4) is 0 Å². The third-order valence-corrected chi connectivity index (χ3v) is 3.11. The second kappa shape index (κ2) is 6.71. The molecule has 0 bridgehead atoms. The molecule has 0 spiro atoms. The zero-order valence-electron chi connectivity index (χ0n) is 12.4. The third-order valence-electron chi connectivity index (χ3n) is 3.11. The molecule has 1 aromatic carbocycles. The number of amides is 1. The van der Waals surface area contributed by atoms with Gasteiger partial charge in [-0.1, -0.05) is 51.1 Å². The van der Waals surface area contributed by atoms with Gasteiger partial charge in [-0.25, -0.2) is 0 Å². The largest absolute Gasteiger partial charge is 0.354 e. The molecule has 3 N–H and O–H groups in total. The number of carbonyl (C=O) groups is 1. The first-order valence-electron chi connectivity index (χ1n) is 6.88. The number of hydrogen-bond acceptors (Lipinski definition) is 2. The Balaban J connectivity index is 2.43. The van der Waals surface area contributed by atoms with Crippen LogP contribution in [0.2, 0.25) is 0 Å². The van der Waals surface area contributed by atoms with E-state index in [1.165, 1.54) is 0 Å². The van der Waals surface area contributed by atoms with Gasteiger partial charge in [0.15, 0.2) is 0 Å². The summed E-state index contributed by atoms with van der Waals surface area (Å²) in [6, 6.07) is 9.80. The van der Waals surface area contributed by atoms with Crippen molar-refractivity contribution < 1.29 is 4.79 Å². The van der Waals surface area contributed by atoms with Gasteiger partial charge in [0.1, 0.15) is 0 Å². The van der Waals surface area contributed by atoms with Crippen LogP contribution in [0.4, 0.5) is 0 Å². The summed E-state index contributed by atoms with van der Waals surface area (Å²) in [7, 11) is 0. The third kappa shape index (κ3) is 5.88. The maximum atomic E-state index is 12.0. The summed E-state index contributed by atoms with van der Waals surface area (Å²) < 4.78 is 0. The number of nitrogens with two attached hydrogens (primary N) is 1. The van der Waals surface area contributed by atoms with Crippen LogP contribution in [0.25, 0.3) is 0 Å². The molecule has 0 radical (unpaired) electrons. The summed E-state index contributed by atoms with van der Waals surface area (Å²) >= 11 is 0. The molecular weight excluding hydrogens is 236 g/mol. The monoisotopic (exact) mass is 262 g/mol. The van der Waals surface area contributed by atoms with E-state index in [9.17, 15) is 4.79 Å². The zero-order chi connectivity index (χ0) is 14.5. The highest BCUT2D eigenvalue weighted by molar-refractivity contribution is 5.83. The lowest BCUT2D eigenvalue weighted by atomic mass is 9.88. The van der Waals surface area contributed by atoms with Crippen molar-refractivity contribution in [1.29, 1.82) is 0 Å². The molecule has 1 aromatic rings. The molecule has 0 heterocycles. The molecule has 0 saturated carbocycles. The molecule has 19 heavy (non-hydrogen) atoms. The number of rotatable bonds is 5. The molecular formula is C16H26N2O. The van der Waals surface area contributed by atoms with Gasteiger partial charge in [0, 0.05) is 12.6 Å². The Labute approximate surface area is 116 Å². The SMILES string of the molecule is CC(C(=O)NCC(N)CC(C)(C)C)c1ccccc1. The maximum absolute atomic E-state index is 12.0. The average Bonchev–Trinajstić information content (AvgIpc) is 2.34. The summed E-state index contributed by atoms with van der Waals surface area (Å²) in [5, 5.41) is 2.94. The molecule has 0 aromatic heterocycles. The standard InChI is InChI=1S/C16H26N2O/c1-12(13-8-6-5-7-9-13)15(19)18-11-14(17)10-16(2,3)4/h5-9,12,14H,10-11,17H2,1-4H3,(H,18,19). The number of benzene rings is 1. The Morgan fingerprint density at radius 2 is 1.84 bits per heavy atom. The van der Waals surface area contributed by atoms with Crippen LogP contribution in [-0.4, -0.2) is 18.5 Å². The number of hydrogen-bond donors (Lipinski definition) is 2. The Hall–Kier alpha value is -1.35. The van der Waals surface area contributed by atoms with Crippen molar-refractivity contribution in [3.63, 3.8) is 0 Å². The van der Waals surface area contributed by atoms with Crippen LogP contribution >= 0.6 is 0 Å². The zero-order valence-corrected chi connectivity index (χ0v) is 12.4.